The molecule has 1 fully saturated rings. The second-order valence-corrected chi connectivity index (χ2v) is 7.24. The average molecular weight is 426 g/mol. The number of piperazine rings is 1. The van der Waals surface area contributed by atoms with Crippen molar-refractivity contribution in [3.8, 4) is 0 Å². The Kier molecular flexibility index (Phi) is 5.79. The highest BCUT2D eigenvalue weighted by Gasteiger charge is 2.30. The average Bonchev–Trinajstić information content (AvgIpc) is 2.80. The number of para-hydroxylation sites is 1. The Labute approximate surface area is 178 Å². The van der Waals surface area contributed by atoms with Crippen molar-refractivity contribution < 1.29 is 18.0 Å². The molecule has 1 aliphatic rings. The molecule has 5 nitrogen and oxygen atoms in total. The molecule has 0 saturated carbocycles. The van der Waals surface area contributed by atoms with Crippen molar-refractivity contribution in [1.29, 1.82) is 0 Å². The van der Waals surface area contributed by atoms with Crippen LogP contribution in [0.3, 0.4) is 0 Å². The van der Waals surface area contributed by atoms with Gasteiger partial charge in [-0.2, -0.15) is 13.2 Å². The minimum absolute atomic E-state index is 0.147. The zero-order valence-electron chi connectivity index (χ0n) is 16.6. The number of carbonyl (C=O) groups excluding carboxylic acids is 1. The summed E-state index contributed by atoms with van der Waals surface area (Å²) in [7, 11) is 0. The third-order valence-corrected chi connectivity index (χ3v) is 5.21. The molecule has 4 rings (SSSR count). The maximum absolute atomic E-state index is 12.7. The molecule has 0 unspecified atom stereocenters. The predicted octanol–water partition coefficient (Wildman–Crippen LogP) is 4.68. The third kappa shape index (κ3) is 4.96. The van der Waals surface area contributed by atoms with Gasteiger partial charge in [-0.3, -0.25) is 4.79 Å². The lowest BCUT2D eigenvalue weighted by molar-refractivity contribution is -0.137. The predicted molar refractivity (Wildman–Crippen MR) is 115 cm³/mol. The molecule has 2 aromatic carbocycles. The van der Waals surface area contributed by atoms with E-state index in [1.165, 1.54) is 5.69 Å². The number of nitrogens with one attached hydrogen (secondary N) is 1. The van der Waals surface area contributed by atoms with E-state index in [2.05, 4.69) is 32.2 Å². The number of nitrogens with zero attached hydrogens (tertiary/aromatic N) is 3. The molecule has 1 amide bonds. The summed E-state index contributed by atoms with van der Waals surface area (Å²) in [6.07, 6.45) is -2.87. The first kappa shape index (κ1) is 20.7. The highest BCUT2D eigenvalue weighted by molar-refractivity contribution is 6.04. The van der Waals surface area contributed by atoms with E-state index in [4.69, 9.17) is 0 Å². The van der Waals surface area contributed by atoms with Crippen LogP contribution >= 0.6 is 0 Å². The molecule has 0 radical (unpaired) electrons. The van der Waals surface area contributed by atoms with Crippen molar-refractivity contribution in [2.45, 2.75) is 6.18 Å². The Morgan fingerprint density at radius 1 is 0.839 bits per heavy atom. The molecule has 160 valence electrons. The van der Waals surface area contributed by atoms with Gasteiger partial charge in [0.2, 0.25) is 0 Å². The van der Waals surface area contributed by atoms with Crippen LogP contribution in [0.25, 0.3) is 0 Å². The number of hydrogen-bond acceptors (Lipinski definition) is 4. The SMILES string of the molecule is O=C(Nc1ccc(N2CCN(c3ccccc3)CC2)nc1)c1ccc(C(F)(F)F)cc1. The van der Waals surface area contributed by atoms with Crippen LogP contribution in [0, 0.1) is 0 Å². The first-order chi connectivity index (χ1) is 14.9. The molecule has 1 aromatic heterocycles. The summed E-state index contributed by atoms with van der Waals surface area (Å²) in [5.74, 6) is 0.333. The number of pyridine rings is 1. The summed E-state index contributed by atoms with van der Waals surface area (Å²) in [4.78, 5) is 21.2. The van der Waals surface area contributed by atoms with Crippen molar-refractivity contribution in [3.05, 3.63) is 84.1 Å². The lowest BCUT2D eigenvalue weighted by Gasteiger charge is -2.36. The van der Waals surface area contributed by atoms with Gasteiger partial charge in [-0.1, -0.05) is 18.2 Å². The Balaban J connectivity index is 1.34. The number of benzene rings is 2. The molecular weight excluding hydrogens is 405 g/mol. The fraction of sp³-hybridized carbons (Fsp3) is 0.217. The summed E-state index contributed by atoms with van der Waals surface area (Å²) in [6, 6.07) is 17.9. The highest BCUT2D eigenvalue weighted by Crippen LogP contribution is 2.29. The zero-order valence-corrected chi connectivity index (χ0v) is 16.6. The Hall–Kier alpha value is -3.55. The quantitative estimate of drug-likeness (QED) is 0.658. The monoisotopic (exact) mass is 426 g/mol. The summed E-state index contributed by atoms with van der Waals surface area (Å²) in [6.45, 7) is 3.44. The van der Waals surface area contributed by atoms with Crippen molar-refractivity contribution >= 4 is 23.1 Å². The number of alkyl halides is 3. The van der Waals surface area contributed by atoms with Gasteiger partial charge in [-0.15, -0.1) is 0 Å². The van der Waals surface area contributed by atoms with Crippen LogP contribution in [0.4, 0.5) is 30.4 Å². The summed E-state index contributed by atoms with van der Waals surface area (Å²) in [5, 5.41) is 2.67. The third-order valence-electron chi connectivity index (χ3n) is 5.21. The Bertz CT molecular complexity index is 1010. The number of amides is 1. The van der Waals surface area contributed by atoms with Crippen LogP contribution in [0.15, 0.2) is 72.9 Å². The Morgan fingerprint density at radius 2 is 1.48 bits per heavy atom. The van der Waals surface area contributed by atoms with Gasteiger partial charge in [0.1, 0.15) is 5.82 Å². The molecule has 31 heavy (non-hydrogen) atoms. The molecule has 1 N–H and O–H groups in total. The Morgan fingerprint density at radius 3 is 2.06 bits per heavy atom. The maximum atomic E-state index is 12.7. The topological polar surface area (TPSA) is 48.5 Å². The molecule has 0 atom stereocenters. The van der Waals surface area contributed by atoms with Crippen LogP contribution in [-0.2, 0) is 6.18 Å². The lowest BCUT2D eigenvalue weighted by Crippen LogP contribution is -2.46. The number of rotatable bonds is 4. The minimum Gasteiger partial charge on any atom is -0.368 e. The van der Waals surface area contributed by atoms with Crippen LogP contribution in [0.1, 0.15) is 15.9 Å². The van der Waals surface area contributed by atoms with Gasteiger partial charge in [-0.25, -0.2) is 4.98 Å². The van der Waals surface area contributed by atoms with Gasteiger partial charge in [-0.05, 0) is 48.5 Å². The normalized spacial score (nSPS) is 14.4. The van der Waals surface area contributed by atoms with Crippen molar-refractivity contribution in [2.75, 3.05) is 41.3 Å². The van der Waals surface area contributed by atoms with Crippen molar-refractivity contribution in [2.24, 2.45) is 0 Å². The minimum atomic E-state index is -4.43. The number of anilines is 3. The fourth-order valence-electron chi connectivity index (χ4n) is 3.49. The van der Waals surface area contributed by atoms with E-state index >= 15 is 0 Å². The summed E-state index contributed by atoms with van der Waals surface area (Å²) >= 11 is 0. The van der Waals surface area contributed by atoms with Crippen LogP contribution in [-0.4, -0.2) is 37.1 Å². The first-order valence-electron chi connectivity index (χ1n) is 9.90. The van der Waals surface area contributed by atoms with E-state index in [0.29, 0.717) is 5.69 Å². The first-order valence-corrected chi connectivity index (χ1v) is 9.90. The van der Waals surface area contributed by atoms with Crippen LogP contribution in [0.2, 0.25) is 0 Å². The number of carbonyl (C=O) groups is 1. The number of halogens is 3. The maximum Gasteiger partial charge on any atom is 0.416 e. The largest absolute Gasteiger partial charge is 0.416 e. The standard InChI is InChI=1S/C23H21F3N4O/c24-23(25,26)18-8-6-17(7-9-18)22(31)28-19-10-11-21(27-16-19)30-14-12-29(13-15-30)20-4-2-1-3-5-20/h1-11,16H,12-15H2,(H,28,31). The smallest absolute Gasteiger partial charge is 0.368 e. The molecule has 3 aromatic rings. The van der Waals surface area contributed by atoms with E-state index in [1.54, 1.807) is 12.3 Å². The zero-order chi connectivity index (χ0) is 21.8. The molecule has 0 spiro atoms. The second kappa shape index (κ2) is 8.67. The molecule has 1 saturated heterocycles. The van der Waals surface area contributed by atoms with Gasteiger partial charge in [0.25, 0.3) is 5.91 Å². The van der Waals surface area contributed by atoms with Gasteiger partial charge in [0, 0.05) is 37.4 Å². The number of aromatic nitrogens is 1. The molecule has 2 heterocycles. The van der Waals surface area contributed by atoms with Gasteiger partial charge < -0.3 is 15.1 Å². The van der Waals surface area contributed by atoms with Gasteiger partial charge >= 0.3 is 6.18 Å². The van der Waals surface area contributed by atoms with E-state index < -0.39 is 17.6 Å². The number of hydrogen-bond donors (Lipinski definition) is 1. The molecule has 1 aliphatic heterocycles. The van der Waals surface area contributed by atoms with Gasteiger partial charge in [0.05, 0.1) is 17.4 Å². The van der Waals surface area contributed by atoms with E-state index in [9.17, 15) is 18.0 Å². The molecule has 0 aliphatic carbocycles. The second-order valence-electron chi connectivity index (χ2n) is 7.24. The molecule has 0 bridgehead atoms. The van der Waals surface area contributed by atoms with Crippen molar-refractivity contribution in [3.63, 3.8) is 0 Å². The van der Waals surface area contributed by atoms with Crippen LogP contribution < -0.4 is 15.1 Å². The summed E-state index contributed by atoms with van der Waals surface area (Å²) in [5.41, 5.74) is 1.05. The summed E-state index contributed by atoms with van der Waals surface area (Å²) < 4.78 is 38.0. The van der Waals surface area contributed by atoms with E-state index in [-0.39, 0.29) is 5.56 Å². The van der Waals surface area contributed by atoms with Crippen molar-refractivity contribution in [1.82, 2.24) is 4.98 Å². The van der Waals surface area contributed by atoms with Crippen LogP contribution in [0.5, 0.6) is 0 Å². The highest BCUT2D eigenvalue weighted by atomic mass is 19.4. The van der Waals surface area contributed by atoms with E-state index in [1.807, 2.05) is 24.3 Å². The fourth-order valence-corrected chi connectivity index (χ4v) is 3.49. The lowest BCUT2D eigenvalue weighted by atomic mass is 10.1. The molecule has 8 heteroatoms. The van der Waals surface area contributed by atoms with E-state index in [0.717, 1.165) is 56.3 Å². The molecular formula is C23H21F3N4O. The van der Waals surface area contributed by atoms with Gasteiger partial charge in [0.15, 0.2) is 0 Å².